The second kappa shape index (κ2) is 10.6. The van der Waals surface area contributed by atoms with Gasteiger partial charge in [-0.05, 0) is 31.6 Å². The van der Waals surface area contributed by atoms with E-state index in [9.17, 15) is 9.59 Å². The van der Waals surface area contributed by atoms with Crippen molar-refractivity contribution in [3.63, 3.8) is 0 Å². The fraction of sp³-hybridized carbons (Fsp3) is 0.368. The maximum Gasteiger partial charge on any atom is 0.335 e. The molecule has 3 heteroatoms. The summed E-state index contributed by atoms with van der Waals surface area (Å²) in [6.07, 6.45) is 11.2. The lowest BCUT2D eigenvalue weighted by molar-refractivity contribution is -0.129. The van der Waals surface area contributed by atoms with E-state index >= 15 is 0 Å². The van der Waals surface area contributed by atoms with Crippen LogP contribution in [0.5, 0.6) is 5.75 Å². The zero-order chi connectivity index (χ0) is 16.2. The molecule has 0 spiro atoms. The van der Waals surface area contributed by atoms with Crippen LogP contribution >= 0.6 is 0 Å². The van der Waals surface area contributed by atoms with E-state index < -0.39 is 5.97 Å². The van der Waals surface area contributed by atoms with Gasteiger partial charge in [0.15, 0.2) is 5.78 Å². The second-order valence-corrected chi connectivity index (χ2v) is 5.07. The molecule has 0 heterocycles. The molecule has 3 nitrogen and oxygen atoms in total. The molecule has 0 fully saturated rings. The summed E-state index contributed by atoms with van der Waals surface area (Å²) in [4.78, 5) is 23.3. The molecule has 1 aromatic carbocycles. The minimum Gasteiger partial charge on any atom is -0.423 e. The van der Waals surface area contributed by atoms with Crippen molar-refractivity contribution in [3.8, 4) is 5.75 Å². The van der Waals surface area contributed by atoms with E-state index in [1.807, 2.05) is 12.1 Å². The number of ether oxygens (including phenoxy) is 1. The van der Waals surface area contributed by atoms with Crippen molar-refractivity contribution in [2.24, 2.45) is 0 Å². The number of esters is 1. The number of carbonyl (C=O) groups is 2. The number of para-hydroxylation sites is 1. The fourth-order valence-electron chi connectivity index (χ4n) is 1.98. The highest BCUT2D eigenvalue weighted by atomic mass is 16.5. The smallest absolute Gasteiger partial charge is 0.335 e. The van der Waals surface area contributed by atoms with Crippen molar-refractivity contribution in [2.75, 3.05) is 0 Å². The number of hydrogen-bond donors (Lipinski definition) is 0. The summed E-state index contributed by atoms with van der Waals surface area (Å²) in [7, 11) is 0. The van der Waals surface area contributed by atoms with Gasteiger partial charge >= 0.3 is 5.97 Å². The number of allylic oxidation sites excluding steroid dienone is 2. The highest BCUT2D eigenvalue weighted by molar-refractivity contribution is 5.94. The lowest BCUT2D eigenvalue weighted by Crippen LogP contribution is -2.04. The molecule has 0 atom stereocenters. The fourth-order valence-corrected chi connectivity index (χ4v) is 1.98. The summed E-state index contributed by atoms with van der Waals surface area (Å²) in [5.41, 5.74) is 0.724. The van der Waals surface area contributed by atoms with Crippen LogP contribution in [0, 0.1) is 0 Å². The zero-order valence-electron chi connectivity index (χ0n) is 13.4. The summed E-state index contributed by atoms with van der Waals surface area (Å²) in [6.45, 7) is 3.90. The van der Waals surface area contributed by atoms with Gasteiger partial charge in [-0.3, -0.25) is 4.79 Å². The van der Waals surface area contributed by atoms with Crippen molar-refractivity contribution in [3.05, 3.63) is 48.1 Å². The molecule has 0 bridgehead atoms. The van der Waals surface area contributed by atoms with Crippen LogP contribution in [0.15, 0.2) is 42.5 Å². The van der Waals surface area contributed by atoms with Gasteiger partial charge in [-0.15, -0.1) is 0 Å². The maximum absolute atomic E-state index is 11.8. The largest absolute Gasteiger partial charge is 0.423 e. The summed E-state index contributed by atoms with van der Waals surface area (Å²) in [5.74, 6) is 0.139. The Kier molecular flexibility index (Phi) is 8.58. The van der Waals surface area contributed by atoms with Crippen molar-refractivity contribution in [1.82, 2.24) is 0 Å². The molecular weight excluding hydrogens is 276 g/mol. The molecule has 0 radical (unpaired) electrons. The van der Waals surface area contributed by atoms with Gasteiger partial charge < -0.3 is 4.74 Å². The molecule has 0 aliphatic heterocycles. The average Bonchev–Trinajstić information content (AvgIpc) is 2.51. The van der Waals surface area contributed by atoms with Crippen molar-refractivity contribution in [1.29, 1.82) is 0 Å². The van der Waals surface area contributed by atoms with Gasteiger partial charge in [-0.25, -0.2) is 4.79 Å². The van der Waals surface area contributed by atoms with E-state index in [2.05, 4.69) is 6.92 Å². The highest BCUT2D eigenvalue weighted by Crippen LogP contribution is 2.20. The van der Waals surface area contributed by atoms with E-state index in [0.717, 1.165) is 24.8 Å². The van der Waals surface area contributed by atoms with Crippen LogP contribution in [0.4, 0.5) is 0 Å². The van der Waals surface area contributed by atoms with Crippen LogP contribution in [0.25, 0.3) is 6.08 Å². The monoisotopic (exact) mass is 300 g/mol. The third-order valence-corrected chi connectivity index (χ3v) is 3.16. The standard InChI is InChI=1S/C19H24O3/c1-3-5-6-7-12-17(20)15-14-16-11-8-9-13-18(16)22-19(21)10-4-2/h4,8-11,13-15H,3,5-7,12H2,1-2H3/b10-4+,15-14-. The summed E-state index contributed by atoms with van der Waals surface area (Å²) < 4.78 is 5.24. The Morgan fingerprint density at radius 1 is 1.09 bits per heavy atom. The molecule has 118 valence electrons. The minimum absolute atomic E-state index is 0.102. The van der Waals surface area contributed by atoms with Gasteiger partial charge in [0.2, 0.25) is 0 Å². The predicted molar refractivity (Wildman–Crippen MR) is 89.7 cm³/mol. The van der Waals surface area contributed by atoms with E-state index in [1.54, 1.807) is 37.3 Å². The Hall–Kier alpha value is -2.16. The molecule has 0 aliphatic rings. The second-order valence-electron chi connectivity index (χ2n) is 5.07. The average molecular weight is 300 g/mol. The number of carbonyl (C=O) groups excluding carboxylic acids is 2. The molecule has 0 aromatic heterocycles. The molecule has 0 N–H and O–H groups in total. The van der Waals surface area contributed by atoms with Gasteiger partial charge in [-0.2, -0.15) is 0 Å². The number of unbranched alkanes of at least 4 members (excludes halogenated alkanes) is 3. The Morgan fingerprint density at radius 2 is 1.86 bits per heavy atom. The van der Waals surface area contributed by atoms with Crippen LogP contribution in [-0.2, 0) is 9.59 Å². The van der Waals surface area contributed by atoms with Crippen LogP contribution in [0.2, 0.25) is 0 Å². The first-order valence-corrected chi connectivity index (χ1v) is 7.81. The first kappa shape index (κ1) is 17.9. The summed E-state index contributed by atoms with van der Waals surface area (Å²) >= 11 is 0. The highest BCUT2D eigenvalue weighted by Gasteiger charge is 2.05. The lowest BCUT2D eigenvalue weighted by atomic mass is 10.1. The maximum atomic E-state index is 11.8. The van der Waals surface area contributed by atoms with E-state index in [-0.39, 0.29) is 5.78 Å². The molecule has 0 amide bonds. The first-order valence-electron chi connectivity index (χ1n) is 7.81. The SMILES string of the molecule is C/C=C/C(=O)Oc1ccccc1/C=C\C(=O)CCCCCC. The molecule has 0 saturated heterocycles. The Morgan fingerprint density at radius 3 is 2.59 bits per heavy atom. The minimum atomic E-state index is -0.422. The Labute approximate surface area is 132 Å². The number of ketones is 1. The summed E-state index contributed by atoms with van der Waals surface area (Å²) in [6, 6.07) is 7.17. The van der Waals surface area contributed by atoms with Crippen LogP contribution in [0.3, 0.4) is 0 Å². The quantitative estimate of drug-likeness (QED) is 0.287. The van der Waals surface area contributed by atoms with Crippen molar-refractivity contribution >= 4 is 17.8 Å². The van der Waals surface area contributed by atoms with E-state index in [1.165, 1.54) is 12.5 Å². The predicted octanol–water partition coefficient (Wildman–Crippen LogP) is 4.72. The molecule has 0 unspecified atom stereocenters. The van der Waals surface area contributed by atoms with E-state index in [0.29, 0.717) is 12.2 Å². The number of rotatable bonds is 9. The lowest BCUT2D eigenvalue weighted by Gasteiger charge is -2.05. The molecule has 0 aliphatic carbocycles. The van der Waals surface area contributed by atoms with Crippen LogP contribution in [-0.4, -0.2) is 11.8 Å². The number of hydrogen-bond acceptors (Lipinski definition) is 3. The van der Waals surface area contributed by atoms with Gasteiger partial charge in [0.25, 0.3) is 0 Å². The van der Waals surface area contributed by atoms with Crippen molar-refractivity contribution < 1.29 is 14.3 Å². The van der Waals surface area contributed by atoms with Gasteiger partial charge in [-0.1, -0.05) is 50.5 Å². The first-order chi connectivity index (χ1) is 10.7. The van der Waals surface area contributed by atoms with Crippen LogP contribution in [0.1, 0.15) is 51.5 Å². The number of benzene rings is 1. The Bertz CT molecular complexity index is 541. The Balaban J connectivity index is 2.62. The third-order valence-electron chi connectivity index (χ3n) is 3.16. The molecular formula is C19H24O3. The van der Waals surface area contributed by atoms with Gasteiger partial charge in [0, 0.05) is 18.1 Å². The summed E-state index contributed by atoms with van der Waals surface area (Å²) in [5, 5.41) is 0. The van der Waals surface area contributed by atoms with E-state index in [4.69, 9.17) is 4.74 Å². The molecule has 1 rings (SSSR count). The third kappa shape index (κ3) is 7.02. The molecule has 22 heavy (non-hydrogen) atoms. The normalized spacial score (nSPS) is 11.2. The van der Waals surface area contributed by atoms with Crippen LogP contribution < -0.4 is 4.74 Å². The molecule has 1 aromatic rings. The van der Waals surface area contributed by atoms with Gasteiger partial charge in [0.1, 0.15) is 5.75 Å². The topological polar surface area (TPSA) is 43.4 Å². The van der Waals surface area contributed by atoms with Gasteiger partial charge in [0.05, 0.1) is 0 Å². The molecule has 0 saturated carbocycles. The zero-order valence-corrected chi connectivity index (χ0v) is 13.4. The van der Waals surface area contributed by atoms with Crippen molar-refractivity contribution in [2.45, 2.75) is 46.0 Å².